The molecular formula is C17H19N. The Labute approximate surface area is 109 Å². The molecule has 1 fully saturated rings. The van der Waals surface area contributed by atoms with E-state index in [9.17, 15) is 0 Å². The van der Waals surface area contributed by atoms with Gasteiger partial charge in [0.15, 0.2) is 0 Å². The lowest BCUT2D eigenvalue weighted by molar-refractivity contribution is 0.512. The van der Waals surface area contributed by atoms with Gasteiger partial charge >= 0.3 is 0 Å². The van der Waals surface area contributed by atoms with Crippen molar-refractivity contribution in [1.82, 2.24) is 5.32 Å². The van der Waals surface area contributed by atoms with Crippen LogP contribution in [0.25, 0.3) is 0 Å². The zero-order valence-electron chi connectivity index (χ0n) is 10.5. The van der Waals surface area contributed by atoms with Gasteiger partial charge in [0.25, 0.3) is 0 Å². The first-order valence-corrected chi connectivity index (χ1v) is 6.76. The van der Waals surface area contributed by atoms with E-state index in [2.05, 4.69) is 66.0 Å². The highest BCUT2D eigenvalue weighted by Crippen LogP contribution is 2.34. The first-order chi connectivity index (χ1) is 8.95. The summed E-state index contributed by atoms with van der Waals surface area (Å²) in [5, 5.41) is 3.49. The average Bonchev–Trinajstić information content (AvgIpc) is 2.95. The Morgan fingerprint density at radius 2 is 1.39 bits per heavy atom. The third kappa shape index (κ3) is 2.32. The Kier molecular flexibility index (Phi) is 3.42. The van der Waals surface area contributed by atoms with Gasteiger partial charge in [-0.3, -0.25) is 0 Å². The Morgan fingerprint density at radius 3 is 1.83 bits per heavy atom. The molecule has 1 saturated heterocycles. The van der Waals surface area contributed by atoms with Gasteiger partial charge < -0.3 is 5.32 Å². The molecular weight excluding hydrogens is 218 g/mol. The molecule has 0 radical (unpaired) electrons. The summed E-state index contributed by atoms with van der Waals surface area (Å²) < 4.78 is 0. The molecule has 1 nitrogen and oxygen atoms in total. The Hall–Kier alpha value is -1.60. The summed E-state index contributed by atoms with van der Waals surface area (Å²) >= 11 is 0. The number of nitrogens with one attached hydrogen (secondary N) is 1. The van der Waals surface area contributed by atoms with Gasteiger partial charge in [-0.25, -0.2) is 0 Å². The summed E-state index contributed by atoms with van der Waals surface area (Å²) in [6.07, 6.45) is 1.27. The van der Waals surface area contributed by atoms with Crippen molar-refractivity contribution in [1.29, 1.82) is 0 Å². The van der Waals surface area contributed by atoms with Crippen molar-refractivity contribution in [2.75, 3.05) is 13.1 Å². The van der Waals surface area contributed by atoms with E-state index < -0.39 is 0 Å². The van der Waals surface area contributed by atoms with E-state index in [1.807, 2.05) is 0 Å². The first kappa shape index (κ1) is 11.5. The van der Waals surface area contributed by atoms with Crippen LogP contribution in [0.2, 0.25) is 0 Å². The zero-order valence-corrected chi connectivity index (χ0v) is 10.5. The van der Waals surface area contributed by atoms with Crippen molar-refractivity contribution in [2.45, 2.75) is 12.3 Å². The van der Waals surface area contributed by atoms with E-state index >= 15 is 0 Å². The molecule has 1 atom stereocenters. The monoisotopic (exact) mass is 237 g/mol. The van der Waals surface area contributed by atoms with Crippen LogP contribution in [-0.2, 0) is 0 Å². The molecule has 3 rings (SSSR count). The molecule has 18 heavy (non-hydrogen) atoms. The van der Waals surface area contributed by atoms with Crippen LogP contribution in [0.15, 0.2) is 60.7 Å². The van der Waals surface area contributed by atoms with Crippen molar-refractivity contribution in [3.63, 3.8) is 0 Å². The minimum Gasteiger partial charge on any atom is -0.316 e. The van der Waals surface area contributed by atoms with Crippen LogP contribution in [0.4, 0.5) is 0 Å². The van der Waals surface area contributed by atoms with E-state index in [0.29, 0.717) is 5.92 Å². The van der Waals surface area contributed by atoms with Gasteiger partial charge in [0.1, 0.15) is 0 Å². The minimum atomic E-state index is 0.530. The van der Waals surface area contributed by atoms with Gasteiger partial charge in [0.2, 0.25) is 0 Å². The third-order valence-electron chi connectivity index (χ3n) is 3.89. The Balaban J connectivity index is 1.98. The molecule has 2 aromatic rings. The molecule has 1 heteroatoms. The van der Waals surface area contributed by atoms with Crippen molar-refractivity contribution >= 4 is 0 Å². The summed E-state index contributed by atoms with van der Waals surface area (Å²) in [5.74, 6) is 1.25. The maximum Gasteiger partial charge on any atom is 0.0130 e. The SMILES string of the molecule is c1ccc(C(c2ccccc2)[C@H]2CCNC2)cc1. The summed E-state index contributed by atoms with van der Waals surface area (Å²) in [6, 6.07) is 21.8. The van der Waals surface area contributed by atoms with E-state index in [1.54, 1.807) is 0 Å². The second-order valence-corrected chi connectivity index (χ2v) is 5.05. The van der Waals surface area contributed by atoms with Crippen LogP contribution in [0, 0.1) is 5.92 Å². The average molecular weight is 237 g/mol. The van der Waals surface area contributed by atoms with Crippen LogP contribution in [0.5, 0.6) is 0 Å². The standard InChI is InChI=1S/C17H19N/c1-3-7-14(8-4-1)17(16-11-12-18-13-16)15-9-5-2-6-10-15/h1-10,16-18H,11-13H2/t16-/m0/s1. The number of hydrogen-bond donors (Lipinski definition) is 1. The topological polar surface area (TPSA) is 12.0 Å². The summed E-state index contributed by atoms with van der Waals surface area (Å²) in [7, 11) is 0. The molecule has 0 unspecified atom stereocenters. The maximum absolute atomic E-state index is 3.49. The maximum atomic E-state index is 3.49. The molecule has 1 aliphatic rings. The molecule has 1 heterocycles. The third-order valence-corrected chi connectivity index (χ3v) is 3.89. The molecule has 0 saturated carbocycles. The molecule has 0 aromatic heterocycles. The molecule has 0 aliphatic carbocycles. The fourth-order valence-corrected chi connectivity index (χ4v) is 3.02. The van der Waals surface area contributed by atoms with Gasteiger partial charge in [-0.05, 0) is 36.6 Å². The highest BCUT2D eigenvalue weighted by atomic mass is 14.9. The van der Waals surface area contributed by atoms with E-state index in [4.69, 9.17) is 0 Å². The molecule has 0 bridgehead atoms. The van der Waals surface area contributed by atoms with Crippen molar-refractivity contribution in [2.24, 2.45) is 5.92 Å². The molecule has 0 amide bonds. The lowest BCUT2D eigenvalue weighted by atomic mass is 9.80. The molecule has 0 spiro atoms. The minimum absolute atomic E-state index is 0.530. The molecule has 1 aliphatic heterocycles. The Morgan fingerprint density at radius 1 is 0.833 bits per heavy atom. The number of benzene rings is 2. The highest BCUT2D eigenvalue weighted by Gasteiger charge is 2.27. The van der Waals surface area contributed by atoms with Crippen molar-refractivity contribution < 1.29 is 0 Å². The fraction of sp³-hybridized carbons (Fsp3) is 0.294. The van der Waals surface area contributed by atoms with Gasteiger partial charge in [0.05, 0.1) is 0 Å². The summed E-state index contributed by atoms with van der Waals surface area (Å²) in [5.41, 5.74) is 2.88. The van der Waals surface area contributed by atoms with Gasteiger partial charge in [0, 0.05) is 5.92 Å². The number of hydrogen-bond acceptors (Lipinski definition) is 1. The predicted molar refractivity (Wildman–Crippen MR) is 75.7 cm³/mol. The number of rotatable bonds is 3. The second kappa shape index (κ2) is 5.36. The molecule has 1 N–H and O–H groups in total. The van der Waals surface area contributed by atoms with Crippen molar-refractivity contribution in [3.8, 4) is 0 Å². The largest absolute Gasteiger partial charge is 0.316 e. The summed E-state index contributed by atoms with van der Waals surface area (Å²) in [6.45, 7) is 2.29. The zero-order chi connectivity index (χ0) is 12.2. The first-order valence-electron chi connectivity index (χ1n) is 6.76. The second-order valence-electron chi connectivity index (χ2n) is 5.05. The van der Waals surface area contributed by atoms with Crippen LogP contribution in [-0.4, -0.2) is 13.1 Å². The summed E-state index contributed by atoms with van der Waals surface area (Å²) in [4.78, 5) is 0. The van der Waals surface area contributed by atoms with Gasteiger partial charge in [-0.15, -0.1) is 0 Å². The lowest BCUT2D eigenvalue weighted by Crippen LogP contribution is -2.17. The smallest absolute Gasteiger partial charge is 0.0130 e. The fourth-order valence-electron chi connectivity index (χ4n) is 3.02. The van der Waals surface area contributed by atoms with E-state index in [0.717, 1.165) is 19.0 Å². The molecule has 92 valence electrons. The van der Waals surface area contributed by atoms with Crippen LogP contribution in [0.1, 0.15) is 23.5 Å². The quantitative estimate of drug-likeness (QED) is 0.862. The van der Waals surface area contributed by atoms with Gasteiger partial charge in [-0.1, -0.05) is 60.7 Å². The van der Waals surface area contributed by atoms with Crippen LogP contribution < -0.4 is 5.32 Å². The van der Waals surface area contributed by atoms with Crippen molar-refractivity contribution in [3.05, 3.63) is 71.8 Å². The van der Waals surface area contributed by atoms with E-state index in [1.165, 1.54) is 17.5 Å². The molecule has 2 aromatic carbocycles. The highest BCUT2D eigenvalue weighted by molar-refractivity contribution is 5.33. The predicted octanol–water partition coefficient (Wildman–Crippen LogP) is 3.43. The van der Waals surface area contributed by atoms with Crippen LogP contribution >= 0.6 is 0 Å². The van der Waals surface area contributed by atoms with Gasteiger partial charge in [-0.2, -0.15) is 0 Å². The Bertz CT molecular complexity index is 432. The lowest BCUT2D eigenvalue weighted by Gasteiger charge is -2.24. The normalized spacial score (nSPS) is 19.3. The van der Waals surface area contributed by atoms with E-state index in [-0.39, 0.29) is 0 Å². The van der Waals surface area contributed by atoms with Crippen LogP contribution in [0.3, 0.4) is 0 Å².